The zero-order chi connectivity index (χ0) is 12.3. The number of amidine groups is 1. The van der Waals surface area contributed by atoms with Gasteiger partial charge in [0.15, 0.2) is 5.17 Å². The summed E-state index contributed by atoms with van der Waals surface area (Å²) in [5.41, 5.74) is 12.4. The van der Waals surface area contributed by atoms with Crippen LogP contribution in [0.1, 0.15) is 6.92 Å². The summed E-state index contributed by atoms with van der Waals surface area (Å²) >= 11 is 1.36. The molecule has 0 spiro atoms. The first-order chi connectivity index (χ1) is 8.16. The van der Waals surface area contributed by atoms with Crippen LogP contribution in [0, 0.1) is 0 Å². The molecule has 0 bridgehead atoms. The number of nitrogens with two attached hydrogens (primary N) is 2. The van der Waals surface area contributed by atoms with Crippen LogP contribution < -0.4 is 11.5 Å². The Hall–Kier alpha value is -1.52. The van der Waals surface area contributed by atoms with Crippen LogP contribution in [0.15, 0.2) is 47.5 Å². The van der Waals surface area contributed by atoms with Crippen molar-refractivity contribution in [3.8, 4) is 0 Å². The molecule has 1 atom stereocenters. The van der Waals surface area contributed by atoms with Crippen molar-refractivity contribution in [3.63, 3.8) is 0 Å². The summed E-state index contributed by atoms with van der Waals surface area (Å²) in [6.07, 6.45) is 0. The summed E-state index contributed by atoms with van der Waals surface area (Å²) in [6.45, 7) is 1.89. The lowest BCUT2D eigenvalue weighted by molar-refractivity contribution is 1.05. The third-order valence-corrected chi connectivity index (χ3v) is 3.01. The first kappa shape index (κ1) is 12.0. The highest BCUT2D eigenvalue weighted by Gasteiger charge is 2.02. The molecule has 0 heterocycles. The van der Waals surface area contributed by atoms with Gasteiger partial charge in [-0.2, -0.15) is 0 Å². The van der Waals surface area contributed by atoms with Crippen LogP contribution in [0.4, 0.5) is 5.69 Å². The van der Waals surface area contributed by atoms with Gasteiger partial charge in [-0.1, -0.05) is 48.2 Å². The van der Waals surface area contributed by atoms with Gasteiger partial charge in [0.1, 0.15) is 0 Å². The first-order valence-electron chi connectivity index (χ1n) is 5.41. The van der Waals surface area contributed by atoms with Crippen molar-refractivity contribution in [2.75, 3.05) is 0 Å². The predicted octanol–water partition coefficient (Wildman–Crippen LogP) is 2.82. The molecule has 0 aromatic heterocycles. The molecule has 2 aromatic carbocycles. The number of fused-ring (bicyclic) bond motifs is 1. The quantitative estimate of drug-likeness (QED) is 0.486. The molecule has 0 aliphatic heterocycles. The van der Waals surface area contributed by atoms with Gasteiger partial charge in [0.05, 0.1) is 11.1 Å². The molecular formula is C13H15N3S. The monoisotopic (exact) mass is 245 g/mol. The van der Waals surface area contributed by atoms with Crippen LogP contribution in [0.25, 0.3) is 10.8 Å². The van der Waals surface area contributed by atoms with Gasteiger partial charge in [-0.3, -0.25) is 0 Å². The van der Waals surface area contributed by atoms with E-state index in [4.69, 9.17) is 11.5 Å². The highest BCUT2D eigenvalue weighted by molar-refractivity contribution is 8.14. The lowest BCUT2D eigenvalue weighted by atomic mass is 10.1. The fourth-order valence-electron chi connectivity index (χ4n) is 1.64. The second kappa shape index (κ2) is 5.21. The Labute approximate surface area is 105 Å². The molecule has 2 aromatic rings. The molecule has 4 heteroatoms. The van der Waals surface area contributed by atoms with E-state index in [0.717, 1.165) is 16.5 Å². The van der Waals surface area contributed by atoms with E-state index >= 15 is 0 Å². The van der Waals surface area contributed by atoms with Gasteiger partial charge in [0, 0.05) is 5.39 Å². The molecule has 0 saturated heterocycles. The topological polar surface area (TPSA) is 64.4 Å². The van der Waals surface area contributed by atoms with Crippen LogP contribution in [-0.2, 0) is 0 Å². The maximum Gasteiger partial charge on any atom is 0.160 e. The zero-order valence-electron chi connectivity index (χ0n) is 9.63. The fraction of sp³-hybridized carbons (Fsp3) is 0.154. The number of hydrogen-bond donors (Lipinski definition) is 2. The van der Waals surface area contributed by atoms with E-state index in [1.807, 2.05) is 37.3 Å². The molecule has 3 nitrogen and oxygen atoms in total. The minimum Gasteiger partial charge on any atom is -0.378 e. The molecular weight excluding hydrogens is 230 g/mol. The molecule has 4 N–H and O–H groups in total. The minimum atomic E-state index is -0.0475. The largest absolute Gasteiger partial charge is 0.378 e. The molecule has 2 rings (SSSR count). The minimum absolute atomic E-state index is 0.0475. The van der Waals surface area contributed by atoms with Crippen molar-refractivity contribution in [3.05, 3.63) is 42.5 Å². The van der Waals surface area contributed by atoms with E-state index in [9.17, 15) is 0 Å². The second-order valence-corrected chi connectivity index (χ2v) is 5.17. The van der Waals surface area contributed by atoms with Crippen molar-refractivity contribution in [2.24, 2.45) is 16.5 Å². The third-order valence-electron chi connectivity index (χ3n) is 2.30. The number of thioether (sulfide) groups is 1. The van der Waals surface area contributed by atoms with Crippen molar-refractivity contribution < 1.29 is 0 Å². The van der Waals surface area contributed by atoms with Gasteiger partial charge in [-0.05, 0) is 18.4 Å². The lowest BCUT2D eigenvalue weighted by Gasteiger charge is -2.05. The van der Waals surface area contributed by atoms with E-state index in [0.29, 0.717) is 5.17 Å². The molecule has 0 fully saturated rings. The van der Waals surface area contributed by atoms with Gasteiger partial charge in [-0.15, -0.1) is 0 Å². The van der Waals surface area contributed by atoms with Crippen LogP contribution in [0.5, 0.6) is 0 Å². The summed E-state index contributed by atoms with van der Waals surface area (Å²) in [7, 11) is 0. The molecule has 0 aliphatic rings. The Kier molecular flexibility index (Phi) is 3.66. The van der Waals surface area contributed by atoms with E-state index in [1.165, 1.54) is 11.8 Å². The van der Waals surface area contributed by atoms with Gasteiger partial charge in [0.2, 0.25) is 0 Å². The fourth-order valence-corrected chi connectivity index (χ4v) is 2.17. The van der Waals surface area contributed by atoms with Crippen LogP contribution in [0.2, 0.25) is 0 Å². The molecule has 17 heavy (non-hydrogen) atoms. The van der Waals surface area contributed by atoms with Crippen molar-refractivity contribution >= 4 is 33.4 Å². The predicted molar refractivity (Wildman–Crippen MR) is 76.5 cm³/mol. The molecule has 0 radical (unpaired) electrons. The standard InChI is InChI=1S/C13H15N3S/c1-9(14)17-13(15)16-12-8-4-6-10-5-2-3-7-11(10)12/h2-9H,14H2,1H3,(H2,15,16). The Bertz CT molecular complexity index is 544. The smallest absolute Gasteiger partial charge is 0.160 e. The normalized spacial score (nSPS) is 13.9. The van der Waals surface area contributed by atoms with Crippen LogP contribution in [0.3, 0.4) is 0 Å². The molecule has 88 valence electrons. The molecule has 0 amide bonds. The second-order valence-electron chi connectivity index (χ2n) is 3.77. The number of hydrogen-bond acceptors (Lipinski definition) is 3. The highest BCUT2D eigenvalue weighted by atomic mass is 32.2. The zero-order valence-corrected chi connectivity index (χ0v) is 10.4. The van der Waals surface area contributed by atoms with E-state index in [2.05, 4.69) is 17.1 Å². The summed E-state index contributed by atoms with van der Waals surface area (Å²) in [6, 6.07) is 14.1. The van der Waals surface area contributed by atoms with E-state index in [1.54, 1.807) is 0 Å². The summed E-state index contributed by atoms with van der Waals surface area (Å²) < 4.78 is 0. The first-order valence-corrected chi connectivity index (χ1v) is 6.29. The Morgan fingerprint density at radius 1 is 1.18 bits per heavy atom. The van der Waals surface area contributed by atoms with Gasteiger partial charge >= 0.3 is 0 Å². The molecule has 0 aliphatic carbocycles. The maximum absolute atomic E-state index is 5.83. The van der Waals surface area contributed by atoms with Crippen molar-refractivity contribution in [1.82, 2.24) is 0 Å². The number of rotatable bonds is 2. The molecule has 1 unspecified atom stereocenters. The van der Waals surface area contributed by atoms with Gasteiger partial charge in [-0.25, -0.2) is 4.99 Å². The number of benzene rings is 2. The Balaban J connectivity index is 2.42. The van der Waals surface area contributed by atoms with Gasteiger partial charge < -0.3 is 11.5 Å². The van der Waals surface area contributed by atoms with E-state index < -0.39 is 0 Å². The van der Waals surface area contributed by atoms with Crippen molar-refractivity contribution in [2.45, 2.75) is 12.3 Å². The van der Waals surface area contributed by atoms with Gasteiger partial charge in [0.25, 0.3) is 0 Å². The number of nitrogens with zero attached hydrogens (tertiary/aromatic N) is 1. The lowest BCUT2D eigenvalue weighted by Crippen LogP contribution is -2.17. The highest BCUT2D eigenvalue weighted by Crippen LogP contribution is 2.26. The summed E-state index contributed by atoms with van der Waals surface area (Å²) in [4.78, 5) is 4.40. The maximum atomic E-state index is 5.83. The Morgan fingerprint density at radius 2 is 1.88 bits per heavy atom. The van der Waals surface area contributed by atoms with E-state index in [-0.39, 0.29) is 5.37 Å². The van der Waals surface area contributed by atoms with Crippen molar-refractivity contribution in [1.29, 1.82) is 0 Å². The van der Waals surface area contributed by atoms with Crippen LogP contribution >= 0.6 is 11.8 Å². The Morgan fingerprint density at radius 3 is 2.65 bits per heavy atom. The number of aliphatic imine (C=N–C) groups is 1. The summed E-state index contributed by atoms with van der Waals surface area (Å²) in [5.74, 6) is 0. The summed E-state index contributed by atoms with van der Waals surface area (Å²) in [5, 5.41) is 2.71. The molecule has 0 saturated carbocycles. The average Bonchev–Trinajstić information content (AvgIpc) is 2.28. The third kappa shape index (κ3) is 2.99. The average molecular weight is 245 g/mol. The van der Waals surface area contributed by atoms with Crippen LogP contribution in [-0.4, -0.2) is 10.5 Å². The SMILES string of the molecule is CC(N)SC(N)=Nc1cccc2ccccc12.